The fourth-order valence-electron chi connectivity index (χ4n) is 12.7. The van der Waals surface area contributed by atoms with Gasteiger partial charge in [0.2, 0.25) is 11.9 Å². The minimum absolute atomic E-state index is 0.0139. The van der Waals surface area contributed by atoms with Gasteiger partial charge in [-0.05, 0) is 58.8 Å². The summed E-state index contributed by atoms with van der Waals surface area (Å²) in [7, 11) is 4.90. The van der Waals surface area contributed by atoms with Crippen molar-refractivity contribution in [3.05, 3.63) is 0 Å². The molecule has 62 heavy (non-hydrogen) atoms. The molecule has 0 saturated carbocycles. The topological polar surface area (TPSA) is 200 Å². The summed E-state index contributed by atoms with van der Waals surface area (Å²) in [6.07, 6.45) is -0.906. The lowest BCUT2D eigenvalue weighted by Crippen LogP contribution is -2.65. The van der Waals surface area contributed by atoms with Crippen LogP contribution in [0, 0.1) is 35.5 Å². The Morgan fingerprint density at radius 1 is 0.742 bits per heavy atom. The molecule has 0 unspecified atom stereocenters. The molecule has 0 aliphatic carbocycles. The number of ether oxygens (including phenoxy) is 11. The van der Waals surface area contributed by atoms with E-state index in [4.69, 9.17) is 52.1 Å². The summed E-state index contributed by atoms with van der Waals surface area (Å²) in [4.78, 5) is 12.0. The third-order valence-corrected chi connectivity index (χ3v) is 16.5. The SMILES string of the molecule is CO[C@H]1[C@H](C)[C@@H](C[C@@H]2C[C@@H](OC)[C@H](C)[C@@]3(O2)O[C@@](C)([C@@H]2O[C@@H]([C@@H]4CC[C@H]([C@H]5O[C@@](C)(O)[C@H](C)C[C@@H]5C)O4)C[C@H]2O[C@@H]2CC[C@@H](OC)[C@H](C)O2)C[C@H]3C)O[C@@](O)([C@@H](O)C(=O)O)[C@@H]1C. The lowest BCUT2D eigenvalue weighted by atomic mass is 9.75. The summed E-state index contributed by atoms with van der Waals surface area (Å²) >= 11 is 0. The molecule has 7 fully saturated rings. The molecule has 7 aliphatic heterocycles. The second kappa shape index (κ2) is 18.5. The molecule has 4 N–H and O–H groups in total. The predicted molar refractivity (Wildman–Crippen MR) is 222 cm³/mol. The zero-order valence-electron chi connectivity index (χ0n) is 39.1. The number of rotatable bonds is 12. The van der Waals surface area contributed by atoms with Gasteiger partial charge in [0.05, 0.1) is 72.7 Å². The summed E-state index contributed by atoms with van der Waals surface area (Å²) in [5.41, 5.74) is -0.881. The van der Waals surface area contributed by atoms with Gasteiger partial charge in [0, 0.05) is 76.6 Å². The zero-order chi connectivity index (χ0) is 45.3. The number of carboxylic acid groups (broad SMARTS) is 1. The Hall–Kier alpha value is -1.09. The molecule has 0 radical (unpaired) electrons. The molecule has 0 aromatic heterocycles. The van der Waals surface area contributed by atoms with Crippen molar-refractivity contribution in [2.75, 3.05) is 21.3 Å². The van der Waals surface area contributed by atoms with Crippen LogP contribution in [0.2, 0.25) is 0 Å². The number of hydrogen-bond acceptors (Lipinski definition) is 15. The Morgan fingerprint density at radius 2 is 1.44 bits per heavy atom. The van der Waals surface area contributed by atoms with Crippen molar-refractivity contribution in [1.82, 2.24) is 0 Å². The zero-order valence-corrected chi connectivity index (χ0v) is 39.1. The summed E-state index contributed by atoms with van der Waals surface area (Å²) in [5, 5.41) is 43.1. The lowest BCUT2D eigenvalue weighted by molar-refractivity contribution is -0.369. The molecule has 7 rings (SSSR count). The van der Waals surface area contributed by atoms with E-state index in [9.17, 15) is 25.2 Å². The summed E-state index contributed by atoms with van der Waals surface area (Å²) in [6, 6.07) is 0. The molecule has 7 heterocycles. The van der Waals surface area contributed by atoms with E-state index in [1.807, 2.05) is 20.8 Å². The normalized spacial score (nSPS) is 54.2. The van der Waals surface area contributed by atoms with Crippen LogP contribution >= 0.6 is 0 Å². The first-order valence-corrected chi connectivity index (χ1v) is 23.4. The number of aliphatic carboxylic acids is 1. The van der Waals surface area contributed by atoms with Gasteiger partial charge in [-0.1, -0.05) is 41.5 Å². The van der Waals surface area contributed by atoms with Gasteiger partial charge in [-0.25, -0.2) is 4.79 Å². The maximum Gasteiger partial charge on any atom is 0.338 e. The Bertz CT molecular complexity index is 1530. The van der Waals surface area contributed by atoms with E-state index in [-0.39, 0.29) is 78.7 Å². The molecule has 16 heteroatoms. The van der Waals surface area contributed by atoms with Gasteiger partial charge in [-0.2, -0.15) is 0 Å². The summed E-state index contributed by atoms with van der Waals surface area (Å²) in [5.74, 6) is -7.53. The highest BCUT2D eigenvalue weighted by Gasteiger charge is 2.66. The largest absolute Gasteiger partial charge is 0.479 e. The minimum Gasteiger partial charge on any atom is -0.479 e. The van der Waals surface area contributed by atoms with E-state index in [0.29, 0.717) is 25.7 Å². The summed E-state index contributed by atoms with van der Waals surface area (Å²) in [6.45, 7) is 17.8. The van der Waals surface area contributed by atoms with E-state index in [1.54, 1.807) is 28.1 Å². The standard InChI is InChI=1S/C46H78O16/c1-22-17-23(2)44(9,50)61-38(22)32-14-13-31(56-32)35-20-36(57-37-16-15-30(52-10)28(7)55-37)41(58-35)43(8)21-24(3)46(62-43)26(5)34(53-11)19-29(59-46)18-33-25(4)39(54-12)27(6)45(51,60-33)40(47)42(48)49/h22-41,47,50-51H,13-21H2,1-12H3,(H,48,49)/t22-,23+,24+,25+,26-,27+,28-,29+,30+,31-,32+,33+,34+,35+,36+,37+,38-,39-,40-,41+,43+,44+,45+,46-/m0/s1. The van der Waals surface area contributed by atoms with E-state index in [0.717, 1.165) is 25.7 Å². The molecule has 16 nitrogen and oxygen atoms in total. The van der Waals surface area contributed by atoms with E-state index < -0.39 is 77.8 Å². The van der Waals surface area contributed by atoms with Crippen molar-refractivity contribution >= 4 is 5.97 Å². The van der Waals surface area contributed by atoms with Gasteiger partial charge in [-0.15, -0.1) is 0 Å². The Labute approximate surface area is 368 Å². The van der Waals surface area contributed by atoms with Crippen LogP contribution in [0.5, 0.6) is 0 Å². The van der Waals surface area contributed by atoms with Crippen molar-refractivity contribution in [3.63, 3.8) is 0 Å². The number of carbonyl (C=O) groups is 1. The molecule has 1 spiro atoms. The van der Waals surface area contributed by atoms with Crippen molar-refractivity contribution in [2.45, 2.75) is 229 Å². The smallest absolute Gasteiger partial charge is 0.338 e. The van der Waals surface area contributed by atoms with Crippen LogP contribution in [0.15, 0.2) is 0 Å². The van der Waals surface area contributed by atoms with Crippen molar-refractivity contribution in [1.29, 1.82) is 0 Å². The molecular weight excluding hydrogens is 808 g/mol. The van der Waals surface area contributed by atoms with Gasteiger partial charge >= 0.3 is 5.97 Å². The average Bonchev–Trinajstić information content (AvgIpc) is 3.94. The minimum atomic E-state index is -2.39. The van der Waals surface area contributed by atoms with E-state index >= 15 is 0 Å². The van der Waals surface area contributed by atoms with Gasteiger partial charge in [-0.3, -0.25) is 0 Å². The highest BCUT2D eigenvalue weighted by atomic mass is 16.7. The van der Waals surface area contributed by atoms with Crippen molar-refractivity contribution < 1.29 is 77.3 Å². The lowest BCUT2D eigenvalue weighted by Gasteiger charge is -2.53. The second-order valence-electron chi connectivity index (χ2n) is 20.7. The second-order valence-corrected chi connectivity index (χ2v) is 20.7. The van der Waals surface area contributed by atoms with Crippen LogP contribution < -0.4 is 0 Å². The number of methoxy groups -OCH3 is 3. The first-order valence-electron chi connectivity index (χ1n) is 23.4. The number of hydrogen-bond donors (Lipinski definition) is 4. The van der Waals surface area contributed by atoms with Crippen LogP contribution in [-0.4, -0.2) is 156 Å². The van der Waals surface area contributed by atoms with Gasteiger partial charge in [0.1, 0.15) is 6.10 Å². The van der Waals surface area contributed by atoms with Crippen LogP contribution in [0.4, 0.5) is 0 Å². The fourth-order valence-corrected chi connectivity index (χ4v) is 12.7. The van der Waals surface area contributed by atoms with Crippen molar-refractivity contribution in [3.8, 4) is 0 Å². The van der Waals surface area contributed by atoms with Gasteiger partial charge in [0.25, 0.3) is 0 Å². The molecular formula is C46H78O16. The molecule has 7 aliphatic rings. The Balaban J connectivity index is 1.12. The van der Waals surface area contributed by atoms with Crippen molar-refractivity contribution in [2.24, 2.45) is 35.5 Å². The van der Waals surface area contributed by atoms with Crippen LogP contribution in [-0.2, 0) is 56.9 Å². The van der Waals surface area contributed by atoms with Crippen LogP contribution in [0.3, 0.4) is 0 Å². The van der Waals surface area contributed by atoms with Gasteiger partial charge < -0.3 is 72.5 Å². The highest BCUT2D eigenvalue weighted by Crippen LogP contribution is 2.56. The monoisotopic (exact) mass is 887 g/mol. The molecule has 0 aromatic rings. The quantitative estimate of drug-likeness (QED) is 0.213. The third-order valence-electron chi connectivity index (χ3n) is 16.5. The maximum absolute atomic E-state index is 12.0. The third kappa shape index (κ3) is 8.91. The fraction of sp³-hybridized carbons (Fsp3) is 0.978. The molecule has 24 atom stereocenters. The molecule has 7 saturated heterocycles. The average molecular weight is 887 g/mol. The first-order chi connectivity index (χ1) is 29.1. The van der Waals surface area contributed by atoms with Gasteiger partial charge in [0.15, 0.2) is 17.9 Å². The maximum atomic E-state index is 12.0. The molecule has 0 bridgehead atoms. The Morgan fingerprint density at radius 3 is 2.08 bits per heavy atom. The Kier molecular flexibility index (Phi) is 14.6. The number of aliphatic hydroxyl groups excluding tert-OH is 1. The van der Waals surface area contributed by atoms with Crippen LogP contribution in [0.1, 0.15) is 120 Å². The van der Waals surface area contributed by atoms with E-state index in [1.165, 1.54) is 7.11 Å². The molecule has 0 amide bonds. The molecule has 358 valence electrons. The highest BCUT2D eigenvalue weighted by molar-refractivity contribution is 5.73. The number of aliphatic hydroxyl groups is 3. The van der Waals surface area contributed by atoms with E-state index in [2.05, 4.69) is 27.7 Å². The van der Waals surface area contributed by atoms with Crippen LogP contribution in [0.25, 0.3) is 0 Å². The predicted octanol–water partition coefficient (Wildman–Crippen LogP) is 4.55. The summed E-state index contributed by atoms with van der Waals surface area (Å²) < 4.78 is 71.9. The molecule has 0 aromatic carbocycles. The first kappa shape index (κ1) is 48.8. The number of carboxylic acids is 1.